The molecule has 0 saturated carbocycles. The van der Waals surface area contributed by atoms with E-state index in [4.69, 9.17) is 17.3 Å². The molecule has 0 radical (unpaired) electrons. The number of carbonyl (C=O) groups excluding carboxylic acids is 1. The van der Waals surface area contributed by atoms with Gasteiger partial charge in [-0.3, -0.25) is 4.79 Å². The predicted molar refractivity (Wildman–Crippen MR) is 82.4 cm³/mol. The van der Waals surface area contributed by atoms with Gasteiger partial charge >= 0.3 is 0 Å². The minimum absolute atomic E-state index is 0.0182. The molecule has 0 atom stereocenters. The smallest absolute Gasteiger partial charge is 0.242 e. The molecule has 0 aliphatic carbocycles. The first-order valence-electron chi connectivity index (χ1n) is 6.65. The molecule has 6 nitrogen and oxygen atoms in total. The first kappa shape index (κ1) is 17.9. The summed E-state index contributed by atoms with van der Waals surface area (Å²) in [6, 6.07) is 4.53. The number of amides is 1. The van der Waals surface area contributed by atoms with E-state index in [0.717, 1.165) is 12.0 Å². The highest BCUT2D eigenvalue weighted by atomic mass is 35.5. The first-order chi connectivity index (χ1) is 9.90. The third-order valence-corrected chi connectivity index (χ3v) is 4.68. The SMILES string of the molecule is CCCNC(=O)CCNS(=O)(=O)c1ccc(CN)cc1Cl. The lowest BCUT2D eigenvalue weighted by Gasteiger charge is -2.09. The highest BCUT2D eigenvalue weighted by Gasteiger charge is 2.18. The van der Waals surface area contributed by atoms with E-state index in [2.05, 4.69) is 10.0 Å². The number of benzene rings is 1. The van der Waals surface area contributed by atoms with E-state index >= 15 is 0 Å². The van der Waals surface area contributed by atoms with Crippen LogP contribution in [0.2, 0.25) is 5.02 Å². The Hall–Kier alpha value is -1.15. The van der Waals surface area contributed by atoms with Crippen molar-refractivity contribution >= 4 is 27.5 Å². The minimum Gasteiger partial charge on any atom is -0.356 e. The molecule has 1 amide bonds. The molecule has 0 aliphatic heterocycles. The fourth-order valence-corrected chi connectivity index (χ4v) is 3.22. The van der Waals surface area contributed by atoms with Crippen LogP contribution in [0.15, 0.2) is 23.1 Å². The molecule has 0 aliphatic rings. The van der Waals surface area contributed by atoms with Crippen LogP contribution in [-0.2, 0) is 21.4 Å². The van der Waals surface area contributed by atoms with Crippen molar-refractivity contribution in [3.8, 4) is 0 Å². The molecule has 21 heavy (non-hydrogen) atoms. The van der Waals surface area contributed by atoms with E-state index in [0.29, 0.717) is 6.54 Å². The van der Waals surface area contributed by atoms with Gasteiger partial charge in [0.2, 0.25) is 15.9 Å². The predicted octanol–water partition coefficient (Wildman–Crippen LogP) is 0.993. The molecule has 0 aromatic heterocycles. The van der Waals surface area contributed by atoms with E-state index < -0.39 is 10.0 Å². The van der Waals surface area contributed by atoms with Crippen LogP contribution in [-0.4, -0.2) is 27.4 Å². The normalized spacial score (nSPS) is 11.4. The van der Waals surface area contributed by atoms with Gasteiger partial charge in [-0.2, -0.15) is 0 Å². The summed E-state index contributed by atoms with van der Waals surface area (Å²) in [5.74, 6) is -0.191. The summed E-state index contributed by atoms with van der Waals surface area (Å²) < 4.78 is 26.5. The third kappa shape index (κ3) is 5.62. The third-order valence-electron chi connectivity index (χ3n) is 2.74. The Morgan fingerprint density at radius 2 is 2.05 bits per heavy atom. The van der Waals surface area contributed by atoms with Gasteiger partial charge in [0.25, 0.3) is 0 Å². The van der Waals surface area contributed by atoms with Crippen molar-refractivity contribution < 1.29 is 13.2 Å². The van der Waals surface area contributed by atoms with Crippen LogP contribution in [0.5, 0.6) is 0 Å². The van der Waals surface area contributed by atoms with Crippen molar-refractivity contribution in [1.29, 1.82) is 0 Å². The van der Waals surface area contributed by atoms with E-state index in [1.54, 1.807) is 6.07 Å². The first-order valence-corrected chi connectivity index (χ1v) is 8.51. The van der Waals surface area contributed by atoms with Crippen molar-refractivity contribution in [2.45, 2.75) is 31.2 Å². The van der Waals surface area contributed by atoms with Crippen molar-refractivity contribution in [1.82, 2.24) is 10.0 Å². The number of sulfonamides is 1. The molecule has 0 spiro atoms. The number of nitrogens with two attached hydrogens (primary N) is 1. The topological polar surface area (TPSA) is 101 Å². The van der Waals surface area contributed by atoms with Crippen LogP contribution in [0.25, 0.3) is 0 Å². The lowest BCUT2D eigenvalue weighted by atomic mass is 10.2. The average molecular weight is 334 g/mol. The molecule has 0 saturated heterocycles. The summed E-state index contributed by atoms with van der Waals surface area (Å²) in [7, 11) is -3.73. The summed E-state index contributed by atoms with van der Waals surface area (Å²) in [6.45, 7) is 2.83. The lowest BCUT2D eigenvalue weighted by Crippen LogP contribution is -2.31. The van der Waals surface area contributed by atoms with Gasteiger partial charge in [-0.25, -0.2) is 13.1 Å². The van der Waals surface area contributed by atoms with Gasteiger partial charge in [0, 0.05) is 26.1 Å². The molecule has 4 N–H and O–H groups in total. The maximum atomic E-state index is 12.1. The summed E-state index contributed by atoms with van der Waals surface area (Å²) in [4.78, 5) is 11.4. The fourth-order valence-electron chi connectivity index (χ4n) is 1.62. The van der Waals surface area contributed by atoms with Gasteiger partial charge in [-0.15, -0.1) is 0 Å². The zero-order valence-electron chi connectivity index (χ0n) is 11.9. The van der Waals surface area contributed by atoms with Crippen molar-refractivity contribution in [3.05, 3.63) is 28.8 Å². The molecular weight excluding hydrogens is 314 g/mol. The number of hydrogen-bond acceptors (Lipinski definition) is 4. The Morgan fingerprint density at radius 1 is 1.33 bits per heavy atom. The zero-order chi connectivity index (χ0) is 15.9. The van der Waals surface area contributed by atoms with E-state index in [1.165, 1.54) is 12.1 Å². The standard InChI is InChI=1S/C13H20ClN3O3S/c1-2-6-16-13(18)5-7-17-21(19,20)12-4-3-10(9-15)8-11(12)14/h3-4,8,17H,2,5-7,9,15H2,1H3,(H,16,18). The van der Waals surface area contributed by atoms with Crippen LogP contribution in [0, 0.1) is 0 Å². The average Bonchev–Trinajstić information content (AvgIpc) is 2.44. The molecule has 0 unspecified atom stereocenters. The number of nitrogens with one attached hydrogen (secondary N) is 2. The summed E-state index contributed by atoms with van der Waals surface area (Å²) in [6.07, 6.45) is 0.915. The molecule has 0 bridgehead atoms. The van der Waals surface area contributed by atoms with Crippen molar-refractivity contribution in [3.63, 3.8) is 0 Å². The summed E-state index contributed by atoms with van der Waals surface area (Å²) in [5, 5.41) is 2.78. The van der Waals surface area contributed by atoms with Gasteiger partial charge in [0.15, 0.2) is 0 Å². The molecule has 118 valence electrons. The molecule has 0 heterocycles. The second kappa shape index (κ2) is 8.33. The highest BCUT2D eigenvalue weighted by Crippen LogP contribution is 2.22. The maximum Gasteiger partial charge on any atom is 0.242 e. The van der Waals surface area contributed by atoms with E-state index in [1.807, 2.05) is 6.92 Å². The molecular formula is C13H20ClN3O3S. The van der Waals surface area contributed by atoms with Crippen LogP contribution in [0.3, 0.4) is 0 Å². The lowest BCUT2D eigenvalue weighted by molar-refractivity contribution is -0.120. The molecule has 1 aromatic rings. The van der Waals surface area contributed by atoms with Crippen LogP contribution < -0.4 is 15.8 Å². The maximum absolute atomic E-state index is 12.1. The van der Waals surface area contributed by atoms with Gasteiger partial charge in [0.1, 0.15) is 4.90 Å². The molecule has 8 heteroatoms. The summed E-state index contributed by atoms with van der Waals surface area (Å²) in [5.41, 5.74) is 6.21. The number of rotatable bonds is 8. The monoisotopic (exact) mass is 333 g/mol. The van der Waals surface area contributed by atoms with Gasteiger partial charge < -0.3 is 11.1 Å². The Kier molecular flexibility index (Phi) is 7.10. The molecule has 1 aromatic carbocycles. The number of carbonyl (C=O) groups is 1. The summed E-state index contributed by atoms with van der Waals surface area (Å²) >= 11 is 5.95. The van der Waals surface area contributed by atoms with Gasteiger partial charge in [-0.1, -0.05) is 24.6 Å². The Morgan fingerprint density at radius 3 is 2.62 bits per heavy atom. The molecule has 1 rings (SSSR count). The number of halogens is 1. The van der Waals surface area contributed by atoms with Crippen molar-refractivity contribution in [2.75, 3.05) is 13.1 Å². The Bertz CT molecular complexity index is 590. The minimum atomic E-state index is -3.73. The van der Waals surface area contributed by atoms with E-state index in [9.17, 15) is 13.2 Å². The van der Waals surface area contributed by atoms with Crippen molar-refractivity contribution in [2.24, 2.45) is 5.73 Å². The fraction of sp³-hybridized carbons (Fsp3) is 0.462. The quantitative estimate of drug-likeness (QED) is 0.660. The van der Waals surface area contributed by atoms with Crippen LogP contribution in [0.4, 0.5) is 0 Å². The molecule has 0 fully saturated rings. The van der Waals surface area contributed by atoms with Crippen LogP contribution in [0.1, 0.15) is 25.3 Å². The number of hydrogen-bond donors (Lipinski definition) is 3. The van der Waals surface area contributed by atoms with Gasteiger partial charge in [-0.05, 0) is 24.1 Å². The Balaban J connectivity index is 2.63. The highest BCUT2D eigenvalue weighted by molar-refractivity contribution is 7.89. The van der Waals surface area contributed by atoms with E-state index in [-0.39, 0.29) is 35.3 Å². The zero-order valence-corrected chi connectivity index (χ0v) is 13.4. The second-order valence-electron chi connectivity index (χ2n) is 4.47. The Labute approximate surface area is 130 Å². The van der Waals surface area contributed by atoms with Gasteiger partial charge in [0.05, 0.1) is 5.02 Å². The second-order valence-corrected chi connectivity index (χ2v) is 6.61. The largest absolute Gasteiger partial charge is 0.356 e. The van der Waals surface area contributed by atoms with Crippen LogP contribution >= 0.6 is 11.6 Å².